The van der Waals surface area contributed by atoms with Crippen LogP contribution in [0.4, 0.5) is 0 Å². The number of nitrogens with one attached hydrogen (secondary N) is 1. The quantitative estimate of drug-likeness (QED) is 0.439. The monoisotopic (exact) mass is 441 g/mol. The number of piperidine rings is 1. The summed E-state index contributed by atoms with van der Waals surface area (Å²) in [6.45, 7) is 6.54. The zero-order chi connectivity index (χ0) is 22.8. The number of amides is 1. The minimum Gasteiger partial charge on any atom is -0.358 e. The van der Waals surface area contributed by atoms with E-state index in [1.54, 1.807) is 0 Å². The lowest BCUT2D eigenvalue weighted by Gasteiger charge is -2.33. The van der Waals surface area contributed by atoms with Gasteiger partial charge in [0.1, 0.15) is 5.82 Å². The Labute approximate surface area is 194 Å². The number of aromatic nitrogens is 4. The number of aromatic amines is 1. The Morgan fingerprint density at radius 1 is 1.15 bits per heavy atom. The second kappa shape index (κ2) is 9.22. The molecular formula is C27H31N5O. The number of carbonyl (C=O) groups is 1. The second-order valence-electron chi connectivity index (χ2n) is 9.26. The van der Waals surface area contributed by atoms with Gasteiger partial charge in [0, 0.05) is 84.8 Å². The topological polar surface area (TPSA) is 66.8 Å². The summed E-state index contributed by atoms with van der Waals surface area (Å²) in [5, 5.41) is 1.23. The Morgan fingerprint density at radius 2 is 1.97 bits per heavy atom. The third kappa shape index (κ3) is 4.30. The van der Waals surface area contributed by atoms with E-state index in [0.29, 0.717) is 18.9 Å². The van der Waals surface area contributed by atoms with Crippen LogP contribution in [-0.2, 0) is 11.3 Å². The number of hydrogen-bond donors (Lipinski definition) is 1. The van der Waals surface area contributed by atoms with E-state index in [4.69, 9.17) is 0 Å². The van der Waals surface area contributed by atoms with E-state index in [1.165, 1.54) is 22.2 Å². The molecule has 6 heteroatoms. The number of aryl methyl sites for hydroxylation is 1. The summed E-state index contributed by atoms with van der Waals surface area (Å²) in [5.41, 5.74) is 4.79. The molecule has 1 atom stereocenters. The number of carbonyl (C=O) groups excluding carboxylic acids is 1. The smallest absolute Gasteiger partial charge is 0.224 e. The summed E-state index contributed by atoms with van der Waals surface area (Å²) in [6.07, 6.45) is 10.1. The largest absolute Gasteiger partial charge is 0.358 e. The van der Waals surface area contributed by atoms with Gasteiger partial charge in [-0.3, -0.25) is 9.78 Å². The van der Waals surface area contributed by atoms with Crippen LogP contribution in [0, 0.1) is 0 Å². The molecule has 170 valence electrons. The minimum atomic E-state index is 0.227. The number of nitrogens with zero attached hydrogens (tertiary/aromatic N) is 4. The predicted octanol–water partition coefficient (Wildman–Crippen LogP) is 5.35. The maximum atomic E-state index is 13.2. The van der Waals surface area contributed by atoms with Gasteiger partial charge in [0.25, 0.3) is 0 Å². The number of hydrogen-bond acceptors (Lipinski definition) is 3. The summed E-state index contributed by atoms with van der Waals surface area (Å²) in [4.78, 5) is 27.6. The molecule has 0 spiro atoms. The average molecular weight is 442 g/mol. The first-order chi connectivity index (χ1) is 16.1. The van der Waals surface area contributed by atoms with Crippen LogP contribution < -0.4 is 0 Å². The van der Waals surface area contributed by atoms with Crippen LogP contribution in [0.2, 0.25) is 0 Å². The molecule has 0 aliphatic carbocycles. The molecule has 1 saturated heterocycles. The summed E-state index contributed by atoms with van der Waals surface area (Å²) < 4.78 is 2.11. The van der Waals surface area contributed by atoms with Gasteiger partial charge in [-0.05, 0) is 36.6 Å². The average Bonchev–Trinajstić information content (AvgIpc) is 3.48. The first kappa shape index (κ1) is 21.4. The van der Waals surface area contributed by atoms with Crippen molar-refractivity contribution in [3.8, 4) is 11.1 Å². The van der Waals surface area contributed by atoms with Crippen molar-refractivity contribution < 1.29 is 4.79 Å². The highest BCUT2D eigenvalue weighted by molar-refractivity contribution is 5.97. The molecule has 1 aliphatic heterocycles. The number of para-hydroxylation sites is 1. The van der Waals surface area contributed by atoms with Gasteiger partial charge in [0.15, 0.2) is 0 Å². The fourth-order valence-corrected chi connectivity index (χ4v) is 5.12. The highest BCUT2D eigenvalue weighted by Crippen LogP contribution is 2.39. The Hall–Kier alpha value is -3.41. The van der Waals surface area contributed by atoms with Crippen LogP contribution in [0.3, 0.4) is 0 Å². The Morgan fingerprint density at radius 3 is 2.79 bits per heavy atom. The lowest BCUT2D eigenvalue weighted by Crippen LogP contribution is -2.39. The van der Waals surface area contributed by atoms with Gasteiger partial charge in [-0.15, -0.1) is 0 Å². The Bertz CT molecular complexity index is 1240. The van der Waals surface area contributed by atoms with Crippen molar-refractivity contribution in [2.75, 3.05) is 13.1 Å². The minimum absolute atomic E-state index is 0.227. The van der Waals surface area contributed by atoms with E-state index in [9.17, 15) is 4.79 Å². The number of benzene rings is 1. The Balaban J connectivity index is 1.37. The lowest BCUT2D eigenvalue weighted by atomic mass is 9.89. The molecule has 1 N–H and O–H groups in total. The molecule has 1 unspecified atom stereocenters. The number of likely N-dealkylation sites (tertiary alicyclic amines) is 1. The van der Waals surface area contributed by atoms with E-state index < -0.39 is 0 Å². The normalized spacial score (nSPS) is 16.6. The number of rotatable bonds is 6. The van der Waals surface area contributed by atoms with Crippen LogP contribution in [0.25, 0.3) is 22.0 Å². The third-order valence-electron chi connectivity index (χ3n) is 6.72. The number of H-pyrrole nitrogens is 1. The summed E-state index contributed by atoms with van der Waals surface area (Å²) in [6, 6.07) is 12.6. The maximum absolute atomic E-state index is 13.2. The molecule has 0 bridgehead atoms. The third-order valence-corrected chi connectivity index (χ3v) is 6.72. The Kier molecular flexibility index (Phi) is 5.99. The SMILES string of the molecule is CC(C)c1nccn1CCC(=O)N1CCCC(c2[nH]c3ccccc3c2-c2ccncc2)C1. The predicted molar refractivity (Wildman–Crippen MR) is 131 cm³/mol. The lowest BCUT2D eigenvalue weighted by molar-refractivity contribution is -0.132. The molecule has 1 aliphatic rings. The van der Waals surface area contributed by atoms with E-state index in [-0.39, 0.29) is 11.8 Å². The van der Waals surface area contributed by atoms with E-state index in [0.717, 1.165) is 37.3 Å². The maximum Gasteiger partial charge on any atom is 0.224 e. The van der Waals surface area contributed by atoms with Gasteiger partial charge in [0.2, 0.25) is 5.91 Å². The van der Waals surface area contributed by atoms with Crippen LogP contribution in [0.15, 0.2) is 61.2 Å². The molecular weight excluding hydrogens is 410 g/mol. The van der Waals surface area contributed by atoms with Crippen LogP contribution in [-0.4, -0.2) is 43.4 Å². The van der Waals surface area contributed by atoms with Crippen molar-refractivity contribution in [1.29, 1.82) is 0 Å². The first-order valence-electron chi connectivity index (χ1n) is 11.9. The highest BCUT2D eigenvalue weighted by Gasteiger charge is 2.28. The van der Waals surface area contributed by atoms with Crippen molar-refractivity contribution in [3.63, 3.8) is 0 Å². The molecule has 4 heterocycles. The summed E-state index contributed by atoms with van der Waals surface area (Å²) >= 11 is 0. The van der Waals surface area contributed by atoms with Crippen molar-refractivity contribution in [3.05, 3.63) is 72.7 Å². The van der Waals surface area contributed by atoms with Crippen molar-refractivity contribution >= 4 is 16.8 Å². The number of imidazole rings is 1. The number of pyridine rings is 1. The fraction of sp³-hybridized carbons (Fsp3) is 0.370. The zero-order valence-corrected chi connectivity index (χ0v) is 19.4. The van der Waals surface area contributed by atoms with Crippen molar-refractivity contribution in [1.82, 2.24) is 24.4 Å². The molecule has 0 saturated carbocycles. The molecule has 33 heavy (non-hydrogen) atoms. The molecule has 0 radical (unpaired) electrons. The highest BCUT2D eigenvalue weighted by atomic mass is 16.2. The summed E-state index contributed by atoms with van der Waals surface area (Å²) in [7, 11) is 0. The molecule has 5 rings (SSSR count). The summed E-state index contributed by atoms with van der Waals surface area (Å²) in [5.74, 6) is 1.91. The van der Waals surface area contributed by atoms with Gasteiger partial charge in [-0.2, -0.15) is 0 Å². The molecule has 1 fully saturated rings. The van der Waals surface area contributed by atoms with Gasteiger partial charge in [-0.25, -0.2) is 4.98 Å². The van der Waals surface area contributed by atoms with Gasteiger partial charge in [-0.1, -0.05) is 32.0 Å². The first-order valence-corrected chi connectivity index (χ1v) is 11.9. The second-order valence-corrected chi connectivity index (χ2v) is 9.26. The molecule has 3 aromatic heterocycles. The van der Waals surface area contributed by atoms with Crippen molar-refractivity contribution in [2.45, 2.75) is 51.5 Å². The molecule has 4 aromatic rings. The number of fused-ring (bicyclic) bond motifs is 1. The van der Waals surface area contributed by atoms with E-state index >= 15 is 0 Å². The molecule has 6 nitrogen and oxygen atoms in total. The van der Waals surface area contributed by atoms with Crippen molar-refractivity contribution in [2.24, 2.45) is 0 Å². The van der Waals surface area contributed by atoms with Crippen LogP contribution >= 0.6 is 0 Å². The van der Waals surface area contributed by atoms with Crippen LogP contribution in [0.5, 0.6) is 0 Å². The van der Waals surface area contributed by atoms with Gasteiger partial charge >= 0.3 is 0 Å². The molecule has 1 aromatic carbocycles. The molecule has 1 amide bonds. The van der Waals surface area contributed by atoms with Gasteiger partial charge < -0.3 is 14.5 Å². The standard InChI is InChI=1S/C27H31N5O/c1-19(2)27-29-14-17-31(27)16-11-24(33)32-15-5-6-21(18-32)26-25(20-9-12-28-13-10-20)22-7-3-4-8-23(22)30-26/h3-4,7-10,12-14,17,19,21,30H,5-6,11,15-16,18H2,1-2H3. The van der Waals surface area contributed by atoms with E-state index in [2.05, 4.69) is 74.7 Å². The van der Waals surface area contributed by atoms with E-state index in [1.807, 2.05) is 24.8 Å². The van der Waals surface area contributed by atoms with Crippen LogP contribution in [0.1, 0.15) is 56.5 Å². The fourth-order valence-electron chi connectivity index (χ4n) is 5.12. The van der Waals surface area contributed by atoms with Gasteiger partial charge in [0.05, 0.1) is 0 Å². The zero-order valence-electron chi connectivity index (χ0n) is 19.4.